The number of halogens is 2. The highest BCUT2D eigenvalue weighted by molar-refractivity contribution is 6.35. The van der Waals surface area contributed by atoms with E-state index in [1.165, 1.54) is 6.20 Å². The Morgan fingerprint density at radius 1 is 1.30 bits per heavy atom. The Labute approximate surface area is 123 Å². The Kier molecular flexibility index (Phi) is 3.14. The van der Waals surface area contributed by atoms with E-state index in [0.29, 0.717) is 27.0 Å². The monoisotopic (exact) mass is 305 g/mol. The molecule has 3 rings (SSSR count). The number of H-pyrrole nitrogens is 1. The van der Waals surface area contributed by atoms with Gasteiger partial charge < -0.3 is 9.51 Å². The fourth-order valence-electron chi connectivity index (χ4n) is 1.59. The number of rotatable bonds is 2. The van der Waals surface area contributed by atoms with Gasteiger partial charge in [0.1, 0.15) is 17.5 Å². The number of nitriles is 1. The predicted molar refractivity (Wildman–Crippen MR) is 72.1 cm³/mol. The van der Waals surface area contributed by atoms with Crippen molar-refractivity contribution in [3.8, 4) is 29.2 Å². The van der Waals surface area contributed by atoms with Gasteiger partial charge in [0.05, 0.1) is 15.6 Å². The summed E-state index contributed by atoms with van der Waals surface area (Å²) in [6.07, 6.45) is 2.99. The number of nitrogens with zero attached hydrogens (tertiary/aromatic N) is 4. The summed E-state index contributed by atoms with van der Waals surface area (Å²) >= 11 is 11.8. The van der Waals surface area contributed by atoms with Crippen LogP contribution < -0.4 is 0 Å². The van der Waals surface area contributed by atoms with E-state index in [9.17, 15) is 0 Å². The third-order valence-electron chi connectivity index (χ3n) is 2.49. The van der Waals surface area contributed by atoms with Gasteiger partial charge in [-0.15, -0.1) is 0 Å². The van der Waals surface area contributed by atoms with Gasteiger partial charge in [-0.25, -0.2) is 4.98 Å². The topological polar surface area (TPSA) is 91.4 Å². The normalized spacial score (nSPS) is 10.4. The van der Waals surface area contributed by atoms with Crippen LogP contribution in [0.5, 0.6) is 0 Å². The predicted octanol–water partition coefficient (Wildman–Crippen LogP) is 3.31. The van der Waals surface area contributed by atoms with Gasteiger partial charge in [-0.1, -0.05) is 28.4 Å². The summed E-state index contributed by atoms with van der Waals surface area (Å²) in [7, 11) is 0. The SMILES string of the molecule is N#Cc1c[nH]c(-c2nc(-c3ncc(Cl)cc3Cl)no2)c1. The van der Waals surface area contributed by atoms with Gasteiger partial charge in [-0.2, -0.15) is 10.2 Å². The van der Waals surface area contributed by atoms with E-state index in [-0.39, 0.29) is 11.7 Å². The van der Waals surface area contributed by atoms with Gasteiger partial charge in [-0.3, -0.25) is 0 Å². The maximum atomic E-state index is 8.77. The van der Waals surface area contributed by atoms with E-state index in [1.54, 1.807) is 18.3 Å². The summed E-state index contributed by atoms with van der Waals surface area (Å²) in [6.45, 7) is 0. The summed E-state index contributed by atoms with van der Waals surface area (Å²) in [5.41, 5.74) is 1.39. The Hall–Kier alpha value is -2.36. The molecule has 3 aromatic rings. The highest BCUT2D eigenvalue weighted by Crippen LogP contribution is 2.27. The molecule has 0 saturated carbocycles. The lowest BCUT2D eigenvalue weighted by Gasteiger charge is -1.97. The Morgan fingerprint density at radius 2 is 2.15 bits per heavy atom. The minimum atomic E-state index is 0.245. The van der Waals surface area contributed by atoms with Gasteiger partial charge in [0, 0.05) is 12.4 Å². The summed E-state index contributed by atoms with van der Waals surface area (Å²) < 4.78 is 5.11. The Morgan fingerprint density at radius 3 is 2.85 bits per heavy atom. The van der Waals surface area contributed by atoms with Crippen molar-refractivity contribution in [2.45, 2.75) is 0 Å². The molecule has 0 atom stereocenters. The third-order valence-corrected chi connectivity index (χ3v) is 2.98. The lowest BCUT2D eigenvalue weighted by atomic mass is 10.3. The van der Waals surface area contributed by atoms with Gasteiger partial charge in [0.15, 0.2) is 0 Å². The van der Waals surface area contributed by atoms with E-state index >= 15 is 0 Å². The fraction of sp³-hybridized carbons (Fsp3) is 0. The van der Waals surface area contributed by atoms with Gasteiger partial charge >= 0.3 is 0 Å². The third kappa shape index (κ3) is 2.25. The van der Waals surface area contributed by atoms with E-state index in [0.717, 1.165) is 0 Å². The number of hydrogen-bond donors (Lipinski definition) is 1. The second kappa shape index (κ2) is 4.96. The van der Waals surface area contributed by atoms with Gasteiger partial charge in [0.2, 0.25) is 5.82 Å². The first-order valence-corrected chi connectivity index (χ1v) is 6.17. The van der Waals surface area contributed by atoms with Crippen LogP contribution in [0.15, 0.2) is 29.0 Å². The van der Waals surface area contributed by atoms with Crippen LogP contribution in [0.4, 0.5) is 0 Å². The van der Waals surface area contributed by atoms with Crippen molar-refractivity contribution in [2.24, 2.45) is 0 Å². The van der Waals surface area contributed by atoms with Crippen LogP contribution in [0.25, 0.3) is 23.1 Å². The van der Waals surface area contributed by atoms with Crippen LogP contribution in [0, 0.1) is 11.3 Å². The van der Waals surface area contributed by atoms with Crippen LogP contribution in [0.1, 0.15) is 5.56 Å². The number of aromatic amines is 1. The number of hydrogen-bond acceptors (Lipinski definition) is 5. The Balaban J connectivity index is 2.00. The highest BCUT2D eigenvalue weighted by Gasteiger charge is 2.15. The quantitative estimate of drug-likeness (QED) is 0.784. The van der Waals surface area contributed by atoms with Crippen molar-refractivity contribution in [1.29, 1.82) is 5.26 Å². The number of nitrogens with one attached hydrogen (secondary N) is 1. The van der Waals surface area contributed by atoms with Gasteiger partial charge in [0.25, 0.3) is 5.89 Å². The highest BCUT2D eigenvalue weighted by atomic mass is 35.5. The molecule has 0 bridgehead atoms. The number of aromatic nitrogens is 4. The zero-order valence-electron chi connectivity index (χ0n) is 9.76. The molecule has 0 saturated heterocycles. The van der Waals surface area contributed by atoms with E-state index < -0.39 is 0 Å². The molecule has 0 unspecified atom stereocenters. The zero-order valence-corrected chi connectivity index (χ0v) is 11.3. The molecule has 0 spiro atoms. The average Bonchev–Trinajstić information content (AvgIpc) is 3.07. The molecule has 0 amide bonds. The maximum absolute atomic E-state index is 8.77. The molecule has 1 N–H and O–H groups in total. The second-order valence-corrected chi connectivity index (χ2v) is 4.66. The molecular weight excluding hydrogens is 301 g/mol. The van der Waals surface area contributed by atoms with E-state index in [4.69, 9.17) is 33.0 Å². The van der Waals surface area contributed by atoms with Crippen molar-refractivity contribution < 1.29 is 4.52 Å². The molecule has 6 nitrogen and oxygen atoms in total. The van der Waals surface area contributed by atoms with Crippen molar-refractivity contribution in [2.75, 3.05) is 0 Å². The first kappa shape index (κ1) is 12.7. The molecule has 0 aliphatic heterocycles. The number of pyridine rings is 1. The molecule has 0 aromatic carbocycles. The maximum Gasteiger partial charge on any atom is 0.274 e. The van der Waals surface area contributed by atoms with E-state index in [2.05, 4.69) is 20.1 Å². The molecule has 98 valence electrons. The average molecular weight is 306 g/mol. The molecule has 3 heterocycles. The first-order valence-electron chi connectivity index (χ1n) is 5.41. The summed E-state index contributed by atoms with van der Waals surface area (Å²) in [5.74, 6) is 0.490. The summed E-state index contributed by atoms with van der Waals surface area (Å²) in [4.78, 5) is 11.1. The van der Waals surface area contributed by atoms with Crippen molar-refractivity contribution in [3.63, 3.8) is 0 Å². The molecule has 20 heavy (non-hydrogen) atoms. The van der Waals surface area contributed by atoms with Crippen molar-refractivity contribution in [1.82, 2.24) is 20.1 Å². The van der Waals surface area contributed by atoms with Crippen LogP contribution in [-0.2, 0) is 0 Å². The summed E-state index contributed by atoms with van der Waals surface area (Å²) in [5, 5.41) is 13.3. The lowest BCUT2D eigenvalue weighted by Crippen LogP contribution is -1.87. The van der Waals surface area contributed by atoms with Gasteiger partial charge in [-0.05, 0) is 12.1 Å². The molecule has 0 radical (unpaired) electrons. The summed E-state index contributed by atoms with van der Waals surface area (Å²) in [6, 6.07) is 5.15. The minimum Gasteiger partial charge on any atom is -0.356 e. The second-order valence-electron chi connectivity index (χ2n) is 3.82. The smallest absolute Gasteiger partial charge is 0.274 e. The van der Waals surface area contributed by atoms with Crippen molar-refractivity contribution in [3.05, 3.63) is 40.1 Å². The lowest BCUT2D eigenvalue weighted by molar-refractivity contribution is 0.431. The first-order chi connectivity index (χ1) is 9.67. The minimum absolute atomic E-state index is 0.245. The van der Waals surface area contributed by atoms with Crippen molar-refractivity contribution >= 4 is 23.2 Å². The van der Waals surface area contributed by atoms with Crippen LogP contribution in [0.3, 0.4) is 0 Å². The van der Waals surface area contributed by atoms with Crippen LogP contribution in [-0.4, -0.2) is 20.1 Å². The Bertz CT molecular complexity index is 817. The molecular formula is C12H5Cl2N5O. The fourth-order valence-corrected chi connectivity index (χ4v) is 2.06. The zero-order chi connectivity index (χ0) is 14.1. The standard InChI is InChI=1S/C12H5Cl2N5O/c13-7-2-8(14)10(17-5-7)11-18-12(20-19-11)9-1-6(3-15)4-16-9/h1-2,4-5,16H. The van der Waals surface area contributed by atoms with Crippen LogP contribution in [0.2, 0.25) is 10.0 Å². The molecule has 3 aromatic heterocycles. The molecule has 0 aliphatic rings. The molecule has 8 heteroatoms. The molecule has 0 aliphatic carbocycles. The molecule has 0 fully saturated rings. The van der Waals surface area contributed by atoms with Crippen LogP contribution >= 0.6 is 23.2 Å². The van der Waals surface area contributed by atoms with E-state index in [1.807, 2.05) is 6.07 Å². The largest absolute Gasteiger partial charge is 0.356 e.